The largest absolute Gasteiger partial charge is 0.396 e. The second kappa shape index (κ2) is 6.02. The molecular weight excluding hydrogens is 218 g/mol. The molecule has 0 aliphatic heterocycles. The zero-order valence-electron chi connectivity index (χ0n) is 8.46. The molecule has 4 nitrogen and oxygen atoms in total. The SMILES string of the molecule is O=C(NCCCO)Nc1cc(F)ccc1F. The summed E-state index contributed by atoms with van der Waals surface area (Å²) in [5.41, 5.74) is -0.221. The number of carbonyl (C=O) groups excluding carboxylic acids is 1. The first-order valence-corrected chi connectivity index (χ1v) is 4.74. The molecule has 1 rings (SSSR count). The molecule has 0 heterocycles. The number of urea groups is 1. The zero-order valence-corrected chi connectivity index (χ0v) is 8.46. The predicted octanol–water partition coefficient (Wildman–Crippen LogP) is 1.47. The molecule has 88 valence electrons. The van der Waals surface area contributed by atoms with Gasteiger partial charge in [-0.3, -0.25) is 0 Å². The van der Waals surface area contributed by atoms with E-state index < -0.39 is 17.7 Å². The highest BCUT2D eigenvalue weighted by molar-refractivity contribution is 5.89. The first kappa shape index (κ1) is 12.4. The van der Waals surface area contributed by atoms with E-state index >= 15 is 0 Å². The van der Waals surface area contributed by atoms with Gasteiger partial charge in [0, 0.05) is 19.2 Å². The Bertz CT molecular complexity index is 372. The van der Waals surface area contributed by atoms with Crippen LogP contribution >= 0.6 is 0 Å². The summed E-state index contributed by atoms with van der Waals surface area (Å²) >= 11 is 0. The van der Waals surface area contributed by atoms with Gasteiger partial charge in [0.15, 0.2) is 0 Å². The van der Waals surface area contributed by atoms with Gasteiger partial charge in [-0.2, -0.15) is 0 Å². The number of hydrogen-bond acceptors (Lipinski definition) is 2. The van der Waals surface area contributed by atoms with Crippen LogP contribution in [0.2, 0.25) is 0 Å². The number of amides is 2. The van der Waals surface area contributed by atoms with Gasteiger partial charge in [0.1, 0.15) is 11.6 Å². The van der Waals surface area contributed by atoms with Crippen molar-refractivity contribution in [3.63, 3.8) is 0 Å². The summed E-state index contributed by atoms with van der Waals surface area (Å²) in [6.07, 6.45) is 0.402. The lowest BCUT2D eigenvalue weighted by atomic mass is 10.3. The van der Waals surface area contributed by atoms with Gasteiger partial charge in [-0.25, -0.2) is 13.6 Å². The van der Waals surface area contributed by atoms with Gasteiger partial charge in [0.05, 0.1) is 5.69 Å². The van der Waals surface area contributed by atoms with E-state index in [2.05, 4.69) is 10.6 Å². The molecule has 0 saturated carbocycles. The molecule has 1 aromatic carbocycles. The fourth-order valence-electron chi connectivity index (χ4n) is 1.04. The summed E-state index contributed by atoms with van der Waals surface area (Å²) in [6.45, 7) is 0.216. The van der Waals surface area contributed by atoms with E-state index in [0.717, 1.165) is 18.2 Å². The molecule has 6 heteroatoms. The van der Waals surface area contributed by atoms with E-state index in [0.29, 0.717) is 6.42 Å². The van der Waals surface area contributed by atoms with Crippen LogP contribution in [-0.2, 0) is 0 Å². The van der Waals surface area contributed by atoms with Gasteiger partial charge in [-0.15, -0.1) is 0 Å². The summed E-state index contributed by atoms with van der Waals surface area (Å²) < 4.78 is 25.8. The molecule has 0 aliphatic rings. The smallest absolute Gasteiger partial charge is 0.319 e. The fourth-order valence-corrected chi connectivity index (χ4v) is 1.04. The summed E-state index contributed by atoms with van der Waals surface area (Å²) in [4.78, 5) is 11.2. The second-order valence-electron chi connectivity index (χ2n) is 3.08. The van der Waals surface area contributed by atoms with Crippen LogP contribution in [0, 0.1) is 11.6 Å². The Labute approximate surface area is 91.3 Å². The normalized spacial score (nSPS) is 9.94. The first-order valence-electron chi connectivity index (χ1n) is 4.74. The Morgan fingerprint density at radius 1 is 1.38 bits per heavy atom. The molecule has 0 spiro atoms. The number of aliphatic hydroxyl groups excluding tert-OH is 1. The van der Waals surface area contributed by atoms with Crippen molar-refractivity contribution in [3.05, 3.63) is 29.8 Å². The van der Waals surface area contributed by atoms with Crippen molar-refractivity contribution in [3.8, 4) is 0 Å². The molecule has 0 radical (unpaired) electrons. The second-order valence-corrected chi connectivity index (χ2v) is 3.08. The average Bonchev–Trinajstić information content (AvgIpc) is 2.24. The van der Waals surface area contributed by atoms with Gasteiger partial charge in [0.2, 0.25) is 0 Å². The number of anilines is 1. The number of halogens is 2. The highest BCUT2D eigenvalue weighted by Crippen LogP contribution is 2.14. The third-order valence-corrected chi connectivity index (χ3v) is 1.80. The number of aliphatic hydroxyl groups is 1. The molecule has 16 heavy (non-hydrogen) atoms. The van der Waals surface area contributed by atoms with E-state index in [1.807, 2.05) is 0 Å². The molecule has 0 aromatic heterocycles. The molecule has 0 fully saturated rings. The topological polar surface area (TPSA) is 61.4 Å². The number of benzene rings is 1. The predicted molar refractivity (Wildman–Crippen MR) is 55.1 cm³/mol. The Hall–Kier alpha value is -1.69. The standard InChI is InChI=1S/C10H12F2N2O2/c11-7-2-3-8(12)9(6-7)14-10(16)13-4-1-5-15/h2-3,6,15H,1,4-5H2,(H2,13,14,16). The van der Waals surface area contributed by atoms with Crippen LogP contribution in [-0.4, -0.2) is 24.3 Å². The molecule has 0 atom stereocenters. The molecular formula is C10H12F2N2O2. The van der Waals surface area contributed by atoms with Gasteiger partial charge in [0.25, 0.3) is 0 Å². The van der Waals surface area contributed by atoms with Crippen molar-refractivity contribution >= 4 is 11.7 Å². The maximum Gasteiger partial charge on any atom is 0.319 e. The van der Waals surface area contributed by atoms with Crippen molar-refractivity contribution in [1.29, 1.82) is 0 Å². The summed E-state index contributed by atoms with van der Waals surface area (Å²) in [5, 5.41) is 13.0. The van der Waals surface area contributed by atoms with Crippen molar-refractivity contribution in [2.75, 3.05) is 18.5 Å². The van der Waals surface area contributed by atoms with Crippen LogP contribution in [0.3, 0.4) is 0 Å². The molecule has 0 saturated heterocycles. The van der Waals surface area contributed by atoms with Crippen molar-refractivity contribution in [2.24, 2.45) is 0 Å². The molecule has 0 unspecified atom stereocenters. The molecule has 0 bridgehead atoms. The number of hydrogen-bond donors (Lipinski definition) is 3. The third kappa shape index (κ3) is 3.82. The van der Waals surface area contributed by atoms with E-state index in [4.69, 9.17) is 5.11 Å². The Morgan fingerprint density at radius 3 is 2.81 bits per heavy atom. The third-order valence-electron chi connectivity index (χ3n) is 1.80. The van der Waals surface area contributed by atoms with Crippen LogP contribution in [0.4, 0.5) is 19.3 Å². The highest BCUT2D eigenvalue weighted by atomic mass is 19.1. The monoisotopic (exact) mass is 230 g/mol. The maximum atomic E-state index is 13.1. The lowest BCUT2D eigenvalue weighted by molar-refractivity contribution is 0.248. The van der Waals surface area contributed by atoms with Crippen LogP contribution in [0.5, 0.6) is 0 Å². The molecule has 2 amide bonds. The average molecular weight is 230 g/mol. The van der Waals surface area contributed by atoms with Gasteiger partial charge in [-0.1, -0.05) is 0 Å². The van der Waals surface area contributed by atoms with Crippen molar-refractivity contribution in [1.82, 2.24) is 5.32 Å². The van der Waals surface area contributed by atoms with Crippen LogP contribution in [0.1, 0.15) is 6.42 Å². The van der Waals surface area contributed by atoms with Crippen LogP contribution < -0.4 is 10.6 Å². The van der Waals surface area contributed by atoms with Gasteiger partial charge < -0.3 is 15.7 Å². The van der Waals surface area contributed by atoms with Crippen molar-refractivity contribution in [2.45, 2.75) is 6.42 Å². The summed E-state index contributed by atoms with van der Waals surface area (Å²) in [7, 11) is 0. The van der Waals surface area contributed by atoms with E-state index in [1.54, 1.807) is 0 Å². The van der Waals surface area contributed by atoms with Gasteiger partial charge in [-0.05, 0) is 18.6 Å². The number of carbonyl (C=O) groups is 1. The Morgan fingerprint density at radius 2 is 2.12 bits per heavy atom. The van der Waals surface area contributed by atoms with E-state index in [9.17, 15) is 13.6 Å². The minimum atomic E-state index is -0.710. The Kier molecular flexibility index (Phi) is 4.65. The minimum absolute atomic E-state index is 0.0470. The van der Waals surface area contributed by atoms with Crippen LogP contribution in [0.25, 0.3) is 0 Å². The number of rotatable bonds is 4. The quantitative estimate of drug-likeness (QED) is 0.686. The molecule has 3 N–H and O–H groups in total. The summed E-state index contributed by atoms with van der Waals surface area (Å²) in [5.74, 6) is -1.34. The zero-order chi connectivity index (χ0) is 12.0. The highest BCUT2D eigenvalue weighted by Gasteiger charge is 2.07. The lowest BCUT2D eigenvalue weighted by Crippen LogP contribution is -2.30. The van der Waals surface area contributed by atoms with Crippen molar-refractivity contribution < 1.29 is 18.7 Å². The van der Waals surface area contributed by atoms with E-state index in [1.165, 1.54) is 0 Å². The van der Waals surface area contributed by atoms with E-state index in [-0.39, 0.29) is 18.8 Å². The van der Waals surface area contributed by atoms with Crippen LogP contribution in [0.15, 0.2) is 18.2 Å². The fraction of sp³-hybridized carbons (Fsp3) is 0.300. The number of nitrogens with one attached hydrogen (secondary N) is 2. The summed E-state index contributed by atoms with van der Waals surface area (Å²) in [6, 6.07) is 2.14. The lowest BCUT2D eigenvalue weighted by Gasteiger charge is -2.07. The Balaban J connectivity index is 2.52. The minimum Gasteiger partial charge on any atom is -0.396 e. The van der Waals surface area contributed by atoms with Gasteiger partial charge >= 0.3 is 6.03 Å². The maximum absolute atomic E-state index is 13.1. The molecule has 1 aromatic rings. The molecule has 0 aliphatic carbocycles. The first-order chi connectivity index (χ1) is 7.63.